The van der Waals surface area contributed by atoms with Crippen LogP contribution in [0.2, 0.25) is 0 Å². The number of nitrogens with zero attached hydrogens (tertiary/aromatic N) is 2. The molecule has 10 heteroatoms. The molecule has 2 N–H and O–H groups in total. The average Bonchev–Trinajstić information content (AvgIpc) is 3.33. The molecule has 1 heterocycles. The minimum atomic E-state index is -4.74. The second-order valence-corrected chi connectivity index (χ2v) is 8.10. The summed E-state index contributed by atoms with van der Waals surface area (Å²) in [7, 11) is 0. The second kappa shape index (κ2) is 8.26. The van der Waals surface area contributed by atoms with Crippen LogP contribution in [0.1, 0.15) is 48.1 Å². The van der Waals surface area contributed by atoms with Crippen LogP contribution in [0.4, 0.5) is 22.0 Å². The number of amides is 1. The molecule has 1 fully saturated rings. The van der Waals surface area contributed by atoms with Gasteiger partial charge in [-0.05, 0) is 49.6 Å². The maximum Gasteiger partial charge on any atom is 0.419 e. The van der Waals surface area contributed by atoms with Crippen LogP contribution in [0.25, 0.3) is 5.69 Å². The molecule has 0 spiro atoms. The summed E-state index contributed by atoms with van der Waals surface area (Å²) in [6.07, 6.45) is -3.20. The summed E-state index contributed by atoms with van der Waals surface area (Å²) in [6.45, 7) is 0.957. The average molecular weight is 465 g/mol. The van der Waals surface area contributed by atoms with Gasteiger partial charge in [0, 0.05) is 5.56 Å². The Bertz CT molecular complexity index is 1200. The van der Waals surface area contributed by atoms with Crippen molar-refractivity contribution in [3.63, 3.8) is 0 Å². The first-order valence-corrected chi connectivity index (χ1v) is 10.2. The Morgan fingerprint density at radius 1 is 1.21 bits per heavy atom. The van der Waals surface area contributed by atoms with E-state index in [2.05, 4.69) is 10.4 Å². The molecule has 0 aliphatic heterocycles. The fraction of sp³-hybridized carbons (Fsp3) is 0.304. The van der Waals surface area contributed by atoms with Crippen LogP contribution >= 0.6 is 0 Å². The third-order valence-electron chi connectivity index (χ3n) is 5.77. The summed E-state index contributed by atoms with van der Waals surface area (Å²) in [5.41, 5.74) is -2.06. The monoisotopic (exact) mass is 465 g/mol. The smallest absolute Gasteiger partial charge is 0.385 e. The molecule has 3 aromatic rings. The van der Waals surface area contributed by atoms with Gasteiger partial charge in [-0.1, -0.05) is 18.2 Å². The van der Waals surface area contributed by atoms with E-state index in [1.165, 1.54) is 31.2 Å². The number of rotatable bonds is 6. The third kappa shape index (κ3) is 4.61. The Kier molecular flexibility index (Phi) is 5.73. The van der Waals surface area contributed by atoms with Gasteiger partial charge in [-0.2, -0.15) is 18.3 Å². The first-order valence-electron chi connectivity index (χ1n) is 10.2. The van der Waals surface area contributed by atoms with Crippen molar-refractivity contribution in [2.75, 3.05) is 0 Å². The van der Waals surface area contributed by atoms with Crippen LogP contribution < -0.4 is 5.32 Å². The fourth-order valence-electron chi connectivity index (χ4n) is 3.65. The number of carbonyl (C=O) groups is 1. The number of nitrogens with one attached hydrogen (secondary N) is 1. The van der Waals surface area contributed by atoms with Gasteiger partial charge in [-0.25, -0.2) is 13.5 Å². The number of hydrogen-bond acceptors (Lipinski definition) is 3. The minimum Gasteiger partial charge on any atom is -0.385 e. The number of benzene rings is 2. The summed E-state index contributed by atoms with van der Waals surface area (Å²) >= 11 is 0. The lowest BCUT2D eigenvalue weighted by Gasteiger charge is -2.17. The Morgan fingerprint density at radius 3 is 2.55 bits per heavy atom. The molecular weight excluding hydrogens is 445 g/mol. The lowest BCUT2D eigenvalue weighted by molar-refractivity contribution is -0.138. The molecule has 5 nitrogen and oxygen atoms in total. The van der Waals surface area contributed by atoms with E-state index in [1.54, 1.807) is 0 Å². The standard InChI is InChI=1S/C23H20F5N3O2/c1-13(14-5-6-17(19(25)9-14)22(33)7-8-22)21(32)29-12-20-18(23(26,27)28)11-30-31(20)16-4-2-3-15(24)10-16/h2-6,9-11,13,33H,7-8,12H2,1H3,(H,29,32). The molecule has 0 saturated heterocycles. The van der Waals surface area contributed by atoms with Gasteiger partial charge in [0.15, 0.2) is 0 Å². The highest BCUT2D eigenvalue weighted by Crippen LogP contribution is 2.46. The highest BCUT2D eigenvalue weighted by molar-refractivity contribution is 5.83. The van der Waals surface area contributed by atoms with Crippen LogP contribution in [0.15, 0.2) is 48.7 Å². The lowest BCUT2D eigenvalue weighted by atomic mass is 9.96. The SMILES string of the molecule is CC(C(=O)NCc1c(C(F)(F)F)cnn1-c1cccc(F)c1)c1ccc(C2(O)CC2)c(F)c1. The molecule has 1 aromatic heterocycles. The van der Waals surface area contributed by atoms with Crippen molar-refractivity contribution in [3.8, 4) is 5.69 Å². The van der Waals surface area contributed by atoms with Crippen LogP contribution in [-0.4, -0.2) is 20.8 Å². The zero-order chi connectivity index (χ0) is 24.0. The van der Waals surface area contributed by atoms with Crippen LogP contribution in [0.3, 0.4) is 0 Å². The van der Waals surface area contributed by atoms with Crippen molar-refractivity contribution < 1.29 is 31.9 Å². The number of hydrogen-bond donors (Lipinski definition) is 2. The quantitative estimate of drug-likeness (QED) is 0.524. The summed E-state index contributed by atoms with van der Waals surface area (Å²) in [6, 6.07) is 8.97. The lowest BCUT2D eigenvalue weighted by Crippen LogP contribution is -2.29. The Hall–Kier alpha value is -3.27. The molecule has 1 atom stereocenters. The molecule has 0 bridgehead atoms. The van der Waals surface area contributed by atoms with Gasteiger partial charge in [-0.15, -0.1) is 0 Å². The molecule has 33 heavy (non-hydrogen) atoms. The normalized spacial score (nSPS) is 15.8. The van der Waals surface area contributed by atoms with Crippen molar-refractivity contribution >= 4 is 5.91 Å². The third-order valence-corrected chi connectivity index (χ3v) is 5.77. The number of aromatic nitrogens is 2. The molecule has 1 amide bonds. The molecule has 4 rings (SSSR count). The minimum absolute atomic E-state index is 0.0680. The predicted octanol–water partition coefficient (Wildman–Crippen LogP) is 4.57. The van der Waals surface area contributed by atoms with Gasteiger partial charge in [0.2, 0.25) is 5.91 Å². The molecule has 1 saturated carbocycles. The van der Waals surface area contributed by atoms with Crippen molar-refractivity contribution in [3.05, 3.63) is 82.7 Å². The second-order valence-electron chi connectivity index (χ2n) is 8.10. The molecular formula is C23H20F5N3O2. The highest BCUT2D eigenvalue weighted by atomic mass is 19.4. The van der Waals surface area contributed by atoms with E-state index in [9.17, 15) is 31.9 Å². The Morgan fingerprint density at radius 2 is 1.94 bits per heavy atom. The molecule has 1 unspecified atom stereocenters. The first kappa shape index (κ1) is 22.9. The maximum atomic E-state index is 14.4. The summed E-state index contributed by atoms with van der Waals surface area (Å²) in [5.74, 6) is -2.80. The molecule has 174 valence electrons. The highest BCUT2D eigenvalue weighted by Gasteiger charge is 2.44. The van der Waals surface area contributed by atoms with Gasteiger partial charge in [0.25, 0.3) is 0 Å². The largest absolute Gasteiger partial charge is 0.419 e. The molecule has 1 aliphatic rings. The van der Waals surface area contributed by atoms with Crippen molar-refractivity contribution in [1.29, 1.82) is 0 Å². The van der Waals surface area contributed by atoms with E-state index < -0.39 is 47.3 Å². The van der Waals surface area contributed by atoms with Crippen LogP contribution in [0, 0.1) is 11.6 Å². The van der Waals surface area contributed by atoms with Gasteiger partial charge < -0.3 is 10.4 Å². The van der Waals surface area contributed by atoms with Gasteiger partial charge in [-0.3, -0.25) is 4.79 Å². The van der Waals surface area contributed by atoms with Gasteiger partial charge in [0.05, 0.1) is 41.2 Å². The number of aliphatic hydroxyl groups is 1. The Labute approximate surface area is 185 Å². The van der Waals surface area contributed by atoms with Gasteiger partial charge >= 0.3 is 6.18 Å². The van der Waals surface area contributed by atoms with E-state index >= 15 is 0 Å². The van der Waals surface area contributed by atoms with Crippen molar-refractivity contribution in [1.82, 2.24) is 15.1 Å². The first-order chi connectivity index (χ1) is 15.5. The van der Waals surface area contributed by atoms with Crippen molar-refractivity contribution in [2.24, 2.45) is 0 Å². The van der Waals surface area contributed by atoms with E-state index in [4.69, 9.17) is 0 Å². The summed E-state index contributed by atoms with van der Waals surface area (Å²) in [5, 5.41) is 16.3. The number of halogens is 5. The van der Waals surface area contributed by atoms with Crippen molar-refractivity contribution in [2.45, 2.75) is 44.0 Å². The molecule has 1 aliphatic carbocycles. The maximum absolute atomic E-state index is 14.4. The number of alkyl halides is 3. The van der Waals surface area contributed by atoms with E-state index in [0.29, 0.717) is 24.6 Å². The Balaban J connectivity index is 1.55. The molecule has 0 radical (unpaired) electrons. The zero-order valence-corrected chi connectivity index (χ0v) is 17.5. The van der Waals surface area contributed by atoms with E-state index in [-0.39, 0.29) is 16.9 Å². The van der Waals surface area contributed by atoms with Crippen LogP contribution in [-0.2, 0) is 23.1 Å². The van der Waals surface area contributed by atoms with E-state index in [0.717, 1.165) is 22.9 Å². The summed E-state index contributed by atoms with van der Waals surface area (Å²) in [4.78, 5) is 12.7. The van der Waals surface area contributed by atoms with E-state index in [1.807, 2.05) is 0 Å². The van der Waals surface area contributed by atoms with Gasteiger partial charge in [0.1, 0.15) is 11.6 Å². The topological polar surface area (TPSA) is 67.2 Å². The fourth-order valence-corrected chi connectivity index (χ4v) is 3.65. The van der Waals surface area contributed by atoms with Crippen LogP contribution in [0.5, 0.6) is 0 Å². The number of carbonyl (C=O) groups excluding carboxylic acids is 1. The molecule has 2 aromatic carbocycles. The predicted molar refractivity (Wildman–Crippen MR) is 108 cm³/mol. The zero-order valence-electron chi connectivity index (χ0n) is 17.5. The summed E-state index contributed by atoms with van der Waals surface area (Å²) < 4.78 is 69.4.